The fraction of sp³-hybridized carbons (Fsp3) is 0.565. The highest BCUT2D eigenvalue weighted by atomic mass is 16.5. The minimum Gasteiger partial charge on any atom is -0.467 e. The molecule has 0 spiro atoms. The van der Waals surface area contributed by atoms with E-state index in [1.54, 1.807) is 0 Å². The molecule has 1 aromatic carbocycles. The van der Waals surface area contributed by atoms with Gasteiger partial charge in [0.15, 0.2) is 0 Å². The average molecular weight is 433 g/mol. The van der Waals surface area contributed by atoms with Gasteiger partial charge in [0.25, 0.3) is 0 Å². The number of nitrogens with one attached hydrogen (secondary N) is 2. The average Bonchev–Trinajstić information content (AvgIpc) is 2.75. The van der Waals surface area contributed by atoms with Crippen molar-refractivity contribution in [2.45, 2.75) is 64.6 Å². The molecule has 8 heteroatoms. The van der Waals surface area contributed by atoms with Gasteiger partial charge in [0.2, 0.25) is 5.91 Å². The van der Waals surface area contributed by atoms with Gasteiger partial charge in [0.05, 0.1) is 7.11 Å². The van der Waals surface area contributed by atoms with Crippen LogP contribution in [0.25, 0.3) is 0 Å². The van der Waals surface area contributed by atoms with Gasteiger partial charge in [-0.3, -0.25) is 9.59 Å². The van der Waals surface area contributed by atoms with Crippen LogP contribution in [0, 0.1) is 11.8 Å². The van der Waals surface area contributed by atoms with Crippen molar-refractivity contribution in [3.63, 3.8) is 0 Å². The number of Topliss-reactive ketones (excluding diaryl/α,β-unsaturated/α-hetero) is 1. The van der Waals surface area contributed by atoms with Gasteiger partial charge in [0.1, 0.15) is 24.5 Å². The van der Waals surface area contributed by atoms with E-state index in [0.29, 0.717) is 25.7 Å². The van der Waals surface area contributed by atoms with Crippen LogP contribution in [0.2, 0.25) is 0 Å². The Bertz CT molecular complexity index is 765. The van der Waals surface area contributed by atoms with Crippen LogP contribution in [-0.4, -0.2) is 42.9 Å². The SMILES string of the molecule is COC(=O)[C@@H](NC(=O)[C@H](CC(C)C)NC(=O)OCc1ccccc1)[C@H]1CCCC(=O)C1. The number of amides is 2. The Kier molecular flexibility index (Phi) is 9.49. The van der Waals surface area contributed by atoms with Crippen LogP contribution >= 0.6 is 0 Å². The van der Waals surface area contributed by atoms with Crippen molar-refractivity contribution in [1.29, 1.82) is 0 Å². The third-order valence-corrected chi connectivity index (χ3v) is 5.27. The van der Waals surface area contributed by atoms with Crippen molar-refractivity contribution in [3.8, 4) is 0 Å². The molecule has 0 aliphatic heterocycles. The number of carbonyl (C=O) groups excluding carboxylic acids is 4. The minimum absolute atomic E-state index is 0.0701. The van der Waals surface area contributed by atoms with E-state index in [0.717, 1.165) is 5.56 Å². The Labute approximate surface area is 183 Å². The first-order valence-corrected chi connectivity index (χ1v) is 10.7. The first-order valence-electron chi connectivity index (χ1n) is 10.7. The van der Waals surface area contributed by atoms with Gasteiger partial charge in [-0.1, -0.05) is 44.2 Å². The van der Waals surface area contributed by atoms with Gasteiger partial charge in [0, 0.05) is 12.8 Å². The molecule has 170 valence electrons. The summed E-state index contributed by atoms with van der Waals surface area (Å²) >= 11 is 0. The third kappa shape index (κ3) is 8.03. The molecule has 8 nitrogen and oxygen atoms in total. The molecule has 3 atom stereocenters. The van der Waals surface area contributed by atoms with Crippen LogP contribution < -0.4 is 10.6 Å². The van der Waals surface area contributed by atoms with E-state index in [1.807, 2.05) is 44.2 Å². The zero-order valence-electron chi connectivity index (χ0n) is 18.4. The quantitative estimate of drug-likeness (QED) is 0.581. The fourth-order valence-electron chi connectivity index (χ4n) is 3.70. The Morgan fingerprint density at radius 1 is 1.13 bits per heavy atom. The van der Waals surface area contributed by atoms with E-state index < -0.39 is 30.1 Å². The molecule has 0 saturated heterocycles. The summed E-state index contributed by atoms with van der Waals surface area (Å²) < 4.78 is 10.1. The van der Waals surface area contributed by atoms with Gasteiger partial charge in [-0.2, -0.15) is 0 Å². The maximum atomic E-state index is 13.0. The molecular formula is C23H32N2O6. The molecule has 2 rings (SSSR count). The lowest BCUT2D eigenvalue weighted by atomic mass is 9.83. The Balaban J connectivity index is 2.02. The van der Waals surface area contributed by atoms with E-state index in [4.69, 9.17) is 9.47 Å². The maximum Gasteiger partial charge on any atom is 0.408 e. The van der Waals surface area contributed by atoms with Gasteiger partial charge >= 0.3 is 12.1 Å². The normalized spacial score (nSPS) is 18.1. The molecule has 0 bridgehead atoms. The first-order chi connectivity index (χ1) is 14.8. The Morgan fingerprint density at radius 3 is 2.45 bits per heavy atom. The minimum atomic E-state index is -0.932. The Morgan fingerprint density at radius 2 is 1.84 bits per heavy atom. The summed E-state index contributed by atoms with van der Waals surface area (Å²) in [6, 6.07) is 7.40. The standard InChI is InChI=1S/C23H32N2O6/c1-15(2)12-19(24-23(29)31-14-16-8-5-4-6-9-16)21(27)25-20(22(28)30-3)17-10-7-11-18(26)13-17/h4-6,8-9,15,17,19-20H,7,10-14H2,1-3H3,(H,24,29)(H,25,27)/t17-,19-,20-/m0/s1. The number of alkyl carbamates (subject to hydrolysis) is 1. The van der Waals surface area contributed by atoms with Crippen LogP contribution in [0.4, 0.5) is 4.79 Å². The molecular weight excluding hydrogens is 400 g/mol. The van der Waals surface area contributed by atoms with Crippen molar-refractivity contribution >= 4 is 23.8 Å². The summed E-state index contributed by atoms with van der Waals surface area (Å²) in [4.78, 5) is 49.4. The van der Waals surface area contributed by atoms with E-state index in [2.05, 4.69) is 10.6 Å². The molecule has 1 aliphatic rings. The van der Waals surface area contributed by atoms with E-state index in [1.165, 1.54) is 7.11 Å². The fourth-order valence-corrected chi connectivity index (χ4v) is 3.70. The summed E-state index contributed by atoms with van der Waals surface area (Å²) in [7, 11) is 1.25. The van der Waals surface area contributed by atoms with Gasteiger partial charge < -0.3 is 20.1 Å². The van der Waals surface area contributed by atoms with Crippen molar-refractivity contribution in [1.82, 2.24) is 10.6 Å². The number of rotatable bonds is 9. The lowest BCUT2D eigenvalue weighted by Gasteiger charge is -2.30. The summed E-state index contributed by atoms with van der Waals surface area (Å²) in [5.41, 5.74) is 0.829. The van der Waals surface area contributed by atoms with E-state index in [-0.39, 0.29) is 30.6 Å². The van der Waals surface area contributed by atoms with Crippen molar-refractivity contribution in [2.75, 3.05) is 7.11 Å². The summed E-state index contributed by atoms with van der Waals surface area (Å²) in [5.74, 6) is -1.23. The van der Waals surface area contributed by atoms with Crippen LogP contribution in [0.3, 0.4) is 0 Å². The number of hydrogen-bond donors (Lipinski definition) is 2. The van der Waals surface area contributed by atoms with Crippen LogP contribution in [0.1, 0.15) is 51.5 Å². The second-order valence-corrected chi connectivity index (χ2v) is 8.29. The zero-order chi connectivity index (χ0) is 22.8. The maximum absolute atomic E-state index is 13.0. The van der Waals surface area contributed by atoms with E-state index >= 15 is 0 Å². The molecule has 31 heavy (non-hydrogen) atoms. The third-order valence-electron chi connectivity index (χ3n) is 5.27. The second-order valence-electron chi connectivity index (χ2n) is 8.29. The monoisotopic (exact) mass is 432 g/mol. The molecule has 2 N–H and O–H groups in total. The number of ketones is 1. The molecule has 1 aromatic rings. The molecule has 0 aromatic heterocycles. The van der Waals surface area contributed by atoms with Crippen molar-refractivity contribution in [2.24, 2.45) is 11.8 Å². The largest absolute Gasteiger partial charge is 0.467 e. The molecule has 0 heterocycles. The zero-order valence-corrected chi connectivity index (χ0v) is 18.4. The number of esters is 1. The molecule has 2 amide bonds. The predicted octanol–water partition coefficient (Wildman–Crippen LogP) is 2.74. The number of carbonyl (C=O) groups is 4. The van der Waals surface area contributed by atoms with E-state index in [9.17, 15) is 19.2 Å². The first kappa shape index (κ1) is 24.4. The van der Waals surface area contributed by atoms with Gasteiger partial charge in [-0.25, -0.2) is 9.59 Å². The lowest BCUT2D eigenvalue weighted by Crippen LogP contribution is -2.55. The van der Waals surface area contributed by atoms with Crippen molar-refractivity contribution < 1.29 is 28.7 Å². The molecule has 1 fully saturated rings. The number of hydrogen-bond acceptors (Lipinski definition) is 6. The highest BCUT2D eigenvalue weighted by Crippen LogP contribution is 2.25. The van der Waals surface area contributed by atoms with Crippen molar-refractivity contribution in [3.05, 3.63) is 35.9 Å². The van der Waals surface area contributed by atoms with Crippen LogP contribution in [0.15, 0.2) is 30.3 Å². The molecule has 0 radical (unpaired) electrons. The number of methoxy groups -OCH3 is 1. The van der Waals surface area contributed by atoms with Gasteiger partial charge in [-0.05, 0) is 36.7 Å². The summed E-state index contributed by atoms with van der Waals surface area (Å²) in [6.45, 7) is 3.93. The van der Waals surface area contributed by atoms with Gasteiger partial charge in [-0.15, -0.1) is 0 Å². The highest BCUT2D eigenvalue weighted by molar-refractivity contribution is 5.90. The Hall–Kier alpha value is -2.90. The van der Waals surface area contributed by atoms with Crippen LogP contribution in [0.5, 0.6) is 0 Å². The summed E-state index contributed by atoms with van der Waals surface area (Å²) in [5, 5.41) is 5.31. The topological polar surface area (TPSA) is 111 Å². The molecule has 0 unspecified atom stereocenters. The lowest BCUT2D eigenvalue weighted by molar-refractivity contribution is -0.147. The second kappa shape index (κ2) is 12.1. The smallest absolute Gasteiger partial charge is 0.408 e. The number of benzene rings is 1. The summed E-state index contributed by atoms with van der Waals surface area (Å²) in [6.07, 6.45) is 1.68. The van der Waals surface area contributed by atoms with Crippen LogP contribution in [-0.2, 0) is 30.5 Å². The highest BCUT2D eigenvalue weighted by Gasteiger charge is 2.36. The molecule has 1 aliphatic carbocycles. The predicted molar refractivity (Wildman–Crippen MR) is 114 cm³/mol. The molecule has 1 saturated carbocycles. The number of ether oxygens (including phenoxy) is 2.